The molecule has 1 amide bonds. The molecule has 2 rings (SSSR count). The van der Waals surface area contributed by atoms with Crippen LogP contribution in [0.5, 0.6) is 5.75 Å². The molecule has 0 aliphatic heterocycles. The number of carbonyl (C=O) groups is 1. The van der Waals surface area contributed by atoms with Gasteiger partial charge in [0.15, 0.2) is 11.8 Å². The van der Waals surface area contributed by atoms with Crippen LogP contribution < -0.4 is 14.8 Å². The number of rotatable bonds is 11. The van der Waals surface area contributed by atoms with Crippen LogP contribution in [0.2, 0.25) is 0 Å². The number of aromatic amines is 1. The molecule has 0 bridgehead atoms. The fourth-order valence-corrected chi connectivity index (χ4v) is 4.04. The Hall–Kier alpha value is -2.11. The van der Waals surface area contributed by atoms with Gasteiger partial charge in [0, 0.05) is 18.8 Å². The number of sulfonamides is 1. The summed E-state index contributed by atoms with van der Waals surface area (Å²) in [6, 6.07) is 4.56. The zero-order valence-electron chi connectivity index (χ0n) is 16.1. The lowest BCUT2D eigenvalue weighted by Crippen LogP contribution is -2.30. The molecule has 11 heteroatoms. The molecule has 0 spiro atoms. The summed E-state index contributed by atoms with van der Waals surface area (Å²) in [4.78, 5) is 16.0. The first-order valence-corrected chi connectivity index (χ1v) is 11.2. The van der Waals surface area contributed by atoms with Crippen molar-refractivity contribution >= 4 is 27.7 Å². The summed E-state index contributed by atoms with van der Waals surface area (Å²) in [7, 11) is -3.56. The molecule has 1 aromatic carbocycles. The van der Waals surface area contributed by atoms with Crippen molar-refractivity contribution in [3.63, 3.8) is 0 Å². The summed E-state index contributed by atoms with van der Waals surface area (Å²) in [5, 5.41) is 9.90. The van der Waals surface area contributed by atoms with E-state index >= 15 is 0 Å². The maximum Gasteiger partial charge on any atom is 0.257 e. The first-order valence-electron chi connectivity index (χ1n) is 8.76. The normalized spacial score (nSPS) is 11.6. The average Bonchev–Trinajstić information content (AvgIpc) is 3.16. The summed E-state index contributed by atoms with van der Waals surface area (Å²) >= 11 is 1.45. The second-order valence-corrected chi connectivity index (χ2v) is 9.30. The Morgan fingerprint density at radius 3 is 2.79 bits per heavy atom. The van der Waals surface area contributed by atoms with Gasteiger partial charge >= 0.3 is 0 Å². The number of nitrogens with one attached hydrogen (secondary N) is 3. The molecule has 28 heavy (non-hydrogen) atoms. The molecule has 0 aliphatic rings. The predicted molar refractivity (Wildman–Crippen MR) is 107 cm³/mol. The molecule has 0 fully saturated rings. The van der Waals surface area contributed by atoms with Crippen LogP contribution in [0.4, 0.5) is 0 Å². The van der Waals surface area contributed by atoms with E-state index in [1.165, 1.54) is 30.2 Å². The zero-order valence-corrected chi connectivity index (χ0v) is 17.7. The van der Waals surface area contributed by atoms with Crippen LogP contribution >= 0.6 is 11.8 Å². The standard InChI is InChI=1S/C17H25N5O4S2/c1-12(2)9-21-28(24,25)14-4-5-15(13(3)8-14)26-10-16(23)18-6-7-27-17-19-11-20-22-17/h4-5,8,11-12,21H,6-7,9-10H2,1-3H3,(H,18,23)(H,19,20,22). The number of hydrogen-bond donors (Lipinski definition) is 3. The van der Waals surface area contributed by atoms with Crippen LogP contribution in [0.25, 0.3) is 0 Å². The lowest BCUT2D eigenvalue weighted by molar-refractivity contribution is -0.122. The molecule has 2 aromatic rings. The minimum absolute atomic E-state index is 0.147. The molecule has 1 heterocycles. The van der Waals surface area contributed by atoms with E-state index in [1.54, 1.807) is 13.0 Å². The fourth-order valence-electron chi connectivity index (χ4n) is 2.11. The van der Waals surface area contributed by atoms with Gasteiger partial charge in [0.2, 0.25) is 10.0 Å². The number of hydrogen-bond acceptors (Lipinski definition) is 7. The number of thioether (sulfide) groups is 1. The van der Waals surface area contributed by atoms with E-state index in [4.69, 9.17) is 4.74 Å². The van der Waals surface area contributed by atoms with E-state index in [0.717, 1.165) is 0 Å². The number of benzene rings is 1. The van der Waals surface area contributed by atoms with Crippen LogP contribution in [0.3, 0.4) is 0 Å². The quantitative estimate of drug-likeness (QED) is 0.365. The Morgan fingerprint density at radius 2 is 2.14 bits per heavy atom. The van der Waals surface area contributed by atoms with Gasteiger partial charge in [-0.25, -0.2) is 18.1 Å². The molecule has 0 saturated heterocycles. The number of H-pyrrole nitrogens is 1. The second kappa shape index (κ2) is 10.4. The third-order valence-corrected chi connectivity index (χ3v) is 5.85. The number of amides is 1. The molecule has 0 saturated carbocycles. The van der Waals surface area contributed by atoms with Crippen LogP contribution in [-0.2, 0) is 14.8 Å². The summed E-state index contributed by atoms with van der Waals surface area (Å²) in [5.74, 6) is 1.07. The molecule has 154 valence electrons. The number of aromatic nitrogens is 3. The van der Waals surface area contributed by atoms with Gasteiger partial charge in [-0.05, 0) is 36.6 Å². The van der Waals surface area contributed by atoms with Gasteiger partial charge in [0.05, 0.1) is 4.90 Å². The van der Waals surface area contributed by atoms with Crippen molar-refractivity contribution in [3.05, 3.63) is 30.1 Å². The minimum Gasteiger partial charge on any atom is -0.484 e. The fraction of sp³-hybridized carbons (Fsp3) is 0.471. The van der Waals surface area contributed by atoms with Crippen molar-refractivity contribution in [2.45, 2.75) is 30.8 Å². The predicted octanol–water partition coefficient (Wildman–Crippen LogP) is 1.33. The Morgan fingerprint density at radius 1 is 1.36 bits per heavy atom. The van der Waals surface area contributed by atoms with E-state index in [-0.39, 0.29) is 23.3 Å². The highest BCUT2D eigenvalue weighted by Crippen LogP contribution is 2.21. The zero-order chi connectivity index (χ0) is 20.6. The third kappa shape index (κ3) is 7.13. The lowest BCUT2D eigenvalue weighted by atomic mass is 10.2. The number of carbonyl (C=O) groups excluding carboxylic acids is 1. The first kappa shape index (κ1) is 22.2. The van der Waals surface area contributed by atoms with Crippen molar-refractivity contribution < 1.29 is 17.9 Å². The van der Waals surface area contributed by atoms with Gasteiger partial charge in [-0.2, -0.15) is 5.10 Å². The topological polar surface area (TPSA) is 126 Å². The van der Waals surface area contributed by atoms with Gasteiger partial charge in [-0.3, -0.25) is 9.89 Å². The summed E-state index contributed by atoms with van der Waals surface area (Å²) in [5.41, 5.74) is 0.640. The Balaban J connectivity index is 1.79. The molecule has 0 radical (unpaired) electrons. The SMILES string of the molecule is Cc1cc(S(=O)(=O)NCC(C)C)ccc1OCC(=O)NCCSc1ncn[nH]1. The van der Waals surface area contributed by atoms with E-state index in [0.29, 0.717) is 35.3 Å². The van der Waals surface area contributed by atoms with Gasteiger partial charge < -0.3 is 10.1 Å². The summed E-state index contributed by atoms with van der Waals surface area (Å²) in [6.07, 6.45) is 1.42. The lowest BCUT2D eigenvalue weighted by Gasteiger charge is -2.12. The Bertz CT molecular complexity index is 870. The third-order valence-electron chi connectivity index (χ3n) is 3.55. The van der Waals surface area contributed by atoms with Crippen LogP contribution in [0, 0.1) is 12.8 Å². The summed E-state index contributed by atoms with van der Waals surface area (Å²) in [6.45, 7) is 6.29. The maximum absolute atomic E-state index is 12.3. The van der Waals surface area contributed by atoms with E-state index in [2.05, 4.69) is 25.2 Å². The van der Waals surface area contributed by atoms with Crippen LogP contribution in [0.15, 0.2) is 34.6 Å². The molecule has 3 N–H and O–H groups in total. The largest absolute Gasteiger partial charge is 0.484 e. The maximum atomic E-state index is 12.3. The van der Waals surface area contributed by atoms with Crippen molar-refractivity contribution in [1.82, 2.24) is 25.2 Å². The van der Waals surface area contributed by atoms with Gasteiger partial charge in [0.1, 0.15) is 12.1 Å². The van der Waals surface area contributed by atoms with Gasteiger partial charge in [-0.15, -0.1) is 0 Å². The van der Waals surface area contributed by atoms with Crippen molar-refractivity contribution in [3.8, 4) is 5.75 Å². The van der Waals surface area contributed by atoms with Crippen molar-refractivity contribution in [1.29, 1.82) is 0 Å². The molecule has 0 atom stereocenters. The minimum atomic E-state index is -3.56. The monoisotopic (exact) mass is 427 g/mol. The highest BCUT2D eigenvalue weighted by atomic mass is 32.2. The van der Waals surface area contributed by atoms with Crippen LogP contribution in [0.1, 0.15) is 19.4 Å². The van der Waals surface area contributed by atoms with Crippen molar-refractivity contribution in [2.75, 3.05) is 25.4 Å². The van der Waals surface area contributed by atoms with Crippen molar-refractivity contribution in [2.24, 2.45) is 5.92 Å². The smallest absolute Gasteiger partial charge is 0.257 e. The number of ether oxygens (including phenoxy) is 1. The summed E-state index contributed by atoms with van der Waals surface area (Å²) < 4.78 is 32.6. The van der Waals surface area contributed by atoms with Gasteiger partial charge in [-0.1, -0.05) is 25.6 Å². The van der Waals surface area contributed by atoms with Gasteiger partial charge in [0.25, 0.3) is 5.91 Å². The molecule has 0 unspecified atom stereocenters. The average molecular weight is 428 g/mol. The highest BCUT2D eigenvalue weighted by Gasteiger charge is 2.16. The second-order valence-electron chi connectivity index (χ2n) is 6.45. The first-order chi connectivity index (χ1) is 13.3. The van der Waals surface area contributed by atoms with E-state index in [9.17, 15) is 13.2 Å². The molecular formula is C17H25N5O4S2. The Labute approximate surface area is 169 Å². The molecule has 1 aromatic heterocycles. The van der Waals surface area contributed by atoms with E-state index in [1.807, 2.05) is 13.8 Å². The molecule has 9 nitrogen and oxygen atoms in total. The number of aryl methyl sites for hydroxylation is 1. The Kier molecular flexibility index (Phi) is 8.27. The highest BCUT2D eigenvalue weighted by molar-refractivity contribution is 7.99. The van der Waals surface area contributed by atoms with Crippen LogP contribution in [-0.4, -0.2) is 55.0 Å². The van der Waals surface area contributed by atoms with E-state index < -0.39 is 10.0 Å². The molecule has 0 aliphatic carbocycles. The number of nitrogens with zero attached hydrogens (tertiary/aromatic N) is 2. The molecular weight excluding hydrogens is 402 g/mol.